The van der Waals surface area contributed by atoms with Gasteiger partial charge in [-0.25, -0.2) is 0 Å². The molecule has 88 valence electrons. The molecule has 0 unspecified atom stereocenters. The highest BCUT2D eigenvalue weighted by Gasteiger charge is 2.32. The van der Waals surface area contributed by atoms with E-state index in [2.05, 4.69) is 5.32 Å². The number of carbonyl (C=O) groups is 2. The van der Waals surface area contributed by atoms with Crippen LogP contribution in [0.4, 0.5) is 0 Å². The SMILES string of the molecule is O=C1NC(=O)C(c2cccs2)=C1c1ccccc1. The fourth-order valence-corrected chi connectivity index (χ4v) is 2.76. The third-order valence-corrected chi connectivity index (χ3v) is 3.65. The van der Waals surface area contributed by atoms with Gasteiger partial charge in [-0.05, 0) is 17.0 Å². The van der Waals surface area contributed by atoms with E-state index in [4.69, 9.17) is 0 Å². The molecular formula is C14H9NO2S. The number of imide groups is 1. The first-order chi connectivity index (χ1) is 8.77. The van der Waals surface area contributed by atoms with Crippen LogP contribution in [0.3, 0.4) is 0 Å². The van der Waals surface area contributed by atoms with Gasteiger partial charge in [0.15, 0.2) is 0 Å². The minimum atomic E-state index is -0.324. The zero-order valence-corrected chi connectivity index (χ0v) is 10.2. The quantitative estimate of drug-likeness (QED) is 0.837. The monoisotopic (exact) mass is 255 g/mol. The number of carbonyl (C=O) groups excluding carboxylic acids is 2. The molecule has 18 heavy (non-hydrogen) atoms. The number of thiophene rings is 1. The Hall–Kier alpha value is -2.20. The molecule has 0 saturated heterocycles. The van der Waals surface area contributed by atoms with Crippen molar-refractivity contribution in [3.05, 3.63) is 58.3 Å². The van der Waals surface area contributed by atoms with Crippen LogP contribution >= 0.6 is 11.3 Å². The maximum Gasteiger partial charge on any atom is 0.260 e. The lowest BCUT2D eigenvalue weighted by atomic mass is 10.0. The summed E-state index contributed by atoms with van der Waals surface area (Å²) in [5.41, 5.74) is 1.70. The van der Waals surface area contributed by atoms with E-state index in [-0.39, 0.29) is 11.8 Å². The Morgan fingerprint density at radius 2 is 1.56 bits per heavy atom. The first-order valence-electron chi connectivity index (χ1n) is 5.46. The Bertz CT molecular complexity index is 642. The highest BCUT2D eigenvalue weighted by molar-refractivity contribution is 7.11. The lowest BCUT2D eigenvalue weighted by molar-refractivity contribution is -0.122. The summed E-state index contributed by atoms with van der Waals surface area (Å²) in [5.74, 6) is -0.643. The smallest absolute Gasteiger partial charge is 0.260 e. The highest BCUT2D eigenvalue weighted by atomic mass is 32.1. The fourth-order valence-electron chi connectivity index (χ4n) is 1.99. The summed E-state index contributed by atoms with van der Waals surface area (Å²) in [7, 11) is 0. The summed E-state index contributed by atoms with van der Waals surface area (Å²) < 4.78 is 0. The lowest BCUT2D eigenvalue weighted by Gasteiger charge is -2.01. The van der Waals surface area contributed by atoms with Gasteiger partial charge in [-0.2, -0.15) is 0 Å². The third kappa shape index (κ3) is 1.67. The predicted molar refractivity (Wildman–Crippen MR) is 70.7 cm³/mol. The van der Waals surface area contributed by atoms with Crippen molar-refractivity contribution in [3.8, 4) is 0 Å². The molecule has 0 aliphatic carbocycles. The number of rotatable bonds is 2. The fraction of sp³-hybridized carbons (Fsp3) is 0. The third-order valence-electron chi connectivity index (χ3n) is 2.76. The van der Waals surface area contributed by atoms with Crippen molar-refractivity contribution in [1.82, 2.24) is 5.32 Å². The maximum absolute atomic E-state index is 11.9. The zero-order valence-electron chi connectivity index (χ0n) is 9.34. The molecule has 2 amide bonds. The first kappa shape index (κ1) is 10.9. The molecule has 1 aromatic heterocycles. The Balaban J connectivity index is 2.24. The topological polar surface area (TPSA) is 46.2 Å². The van der Waals surface area contributed by atoms with Crippen LogP contribution in [0, 0.1) is 0 Å². The second kappa shape index (κ2) is 4.23. The summed E-state index contributed by atoms with van der Waals surface area (Å²) in [4.78, 5) is 24.6. The summed E-state index contributed by atoms with van der Waals surface area (Å²) in [6, 6.07) is 13.0. The number of amides is 2. The molecule has 0 bridgehead atoms. The normalized spacial score (nSPS) is 15.1. The van der Waals surface area contributed by atoms with Gasteiger partial charge < -0.3 is 0 Å². The molecule has 2 heterocycles. The number of hydrogen-bond donors (Lipinski definition) is 1. The molecule has 2 aromatic rings. The van der Waals surface area contributed by atoms with Gasteiger partial charge in [-0.15, -0.1) is 11.3 Å². The van der Waals surface area contributed by atoms with E-state index in [0.717, 1.165) is 10.4 Å². The van der Waals surface area contributed by atoms with Crippen LogP contribution < -0.4 is 5.32 Å². The van der Waals surface area contributed by atoms with Crippen molar-refractivity contribution in [2.45, 2.75) is 0 Å². The van der Waals surface area contributed by atoms with Gasteiger partial charge in [-0.3, -0.25) is 14.9 Å². The van der Waals surface area contributed by atoms with Crippen LogP contribution in [0.2, 0.25) is 0 Å². The Kier molecular flexibility index (Phi) is 2.57. The van der Waals surface area contributed by atoms with Gasteiger partial charge in [0.25, 0.3) is 11.8 Å². The zero-order chi connectivity index (χ0) is 12.5. The molecule has 1 aromatic carbocycles. The molecule has 1 N–H and O–H groups in total. The van der Waals surface area contributed by atoms with Crippen molar-refractivity contribution in [3.63, 3.8) is 0 Å². The van der Waals surface area contributed by atoms with Crippen LogP contribution in [0.1, 0.15) is 10.4 Å². The van der Waals surface area contributed by atoms with Gasteiger partial charge in [0.1, 0.15) is 0 Å². The predicted octanol–water partition coefficient (Wildman–Crippen LogP) is 2.32. The van der Waals surface area contributed by atoms with E-state index in [1.807, 2.05) is 47.8 Å². The van der Waals surface area contributed by atoms with Crippen LogP contribution in [-0.4, -0.2) is 11.8 Å². The number of benzene rings is 1. The maximum atomic E-state index is 11.9. The molecular weight excluding hydrogens is 246 g/mol. The van der Waals surface area contributed by atoms with Crippen LogP contribution in [0.15, 0.2) is 47.8 Å². The molecule has 1 aliphatic rings. The molecule has 0 fully saturated rings. The van der Waals surface area contributed by atoms with Crippen LogP contribution in [-0.2, 0) is 9.59 Å². The van der Waals surface area contributed by atoms with E-state index in [1.165, 1.54) is 11.3 Å². The molecule has 4 heteroatoms. The minimum Gasteiger partial charge on any atom is -0.288 e. The number of hydrogen-bond acceptors (Lipinski definition) is 3. The van der Waals surface area contributed by atoms with Crippen molar-refractivity contribution in [2.75, 3.05) is 0 Å². The van der Waals surface area contributed by atoms with E-state index in [9.17, 15) is 9.59 Å². The van der Waals surface area contributed by atoms with Gasteiger partial charge >= 0.3 is 0 Å². The Labute approximate surface area is 108 Å². The molecule has 3 rings (SSSR count). The summed E-state index contributed by atoms with van der Waals surface area (Å²) >= 11 is 1.45. The lowest BCUT2D eigenvalue weighted by Crippen LogP contribution is -2.22. The largest absolute Gasteiger partial charge is 0.288 e. The Morgan fingerprint density at radius 1 is 0.833 bits per heavy atom. The van der Waals surface area contributed by atoms with E-state index in [1.54, 1.807) is 0 Å². The second-order valence-corrected chi connectivity index (χ2v) is 4.82. The average Bonchev–Trinajstić information content (AvgIpc) is 2.97. The van der Waals surface area contributed by atoms with Gasteiger partial charge in [0.2, 0.25) is 0 Å². The van der Waals surface area contributed by atoms with Gasteiger partial charge in [-0.1, -0.05) is 36.4 Å². The Morgan fingerprint density at radius 3 is 2.22 bits per heavy atom. The van der Waals surface area contributed by atoms with Crippen molar-refractivity contribution >= 4 is 34.3 Å². The van der Waals surface area contributed by atoms with E-state index < -0.39 is 0 Å². The standard InChI is InChI=1S/C14H9NO2S/c16-13-11(9-5-2-1-3-6-9)12(14(17)15-13)10-7-4-8-18-10/h1-8H,(H,15,16,17). The van der Waals surface area contributed by atoms with Gasteiger partial charge in [0, 0.05) is 4.88 Å². The molecule has 0 radical (unpaired) electrons. The number of nitrogens with one attached hydrogen (secondary N) is 1. The minimum absolute atomic E-state index is 0.318. The molecule has 3 nitrogen and oxygen atoms in total. The second-order valence-electron chi connectivity index (χ2n) is 3.88. The van der Waals surface area contributed by atoms with E-state index in [0.29, 0.717) is 11.1 Å². The molecule has 0 spiro atoms. The van der Waals surface area contributed by atoms with E-state index >= 15 is 0 Å². The molecule has 1 aliphatic heterocycles. The van der Waals surface area contributed by atoms with Crippen molar-refractivity contribution in [2.24, 2.45) is 0 Å². The van der Waals surface area contributed by atoms with Crippen molar-refractivity contribution in [1.29, 1.82) is 0 Å². The summed E-state index contributed by atoms with van der Waals surface area (Å²) in [5, 5.41) is 4.25. The summed E-state index contributed by atoms with van der Waals surface area (Å²) in [6.45, 7) is 0. The molecule has 0 atom stereocenters. The summed E-state index contributed by atoms with van der Waals surface area (Å²) in [6.07, 6.45) is 0. The van der Waals surface area contributed by atoms with Crippen molar-refractivity contribution < 1.29 is 9.59 Å². The van der Waals surface area contributed by atoms with Crippen LogP contribution in [0.5, 0.6) is 0 Å². The highest BCUT2D eigenvalue weighted by Crippen LogP contribution is 2.32. The first-order valence-corrected chi connectivity index (χ1v) is 6.34. The van der Waals surface area contributed by atoms with Crippen LogP contribution in [0.25, 0.3) is 11.1 Å². The average molecular weight is 255 g/mol. The molecule has 0 saturated carbocycles. The van der Waals surface area contributed by atoms with Gasteiger partial charge in [0.05, 0.1) is 11.1 Å².